The lowest BCUT2D eigenvalue weighted by molar-refractivity contribution is -0.231. The number of alkyl halides is 6. The Bertz CT molecular complexity index is 1860. The van der Waals surface area contributed by atoms with Crippen LogP contribution in [0.5, 0.6) is 0 Å². The molecule has 0 amide bonds. The molecular weight excluding hydrogens is 688 g/mol. The molecule has 1 aliphatic rings. The molecule has 2 heterocycles. The molecule has 0 unspecified atom stereocenters. The summed E-state index contributed by atoms with van der Waals surface area (Å²) in [5.41, 5.74) is -2.68. The summed E-state index contributed by atoms with van der Waals surface area (Å²) in [6, 6.07) is 12.1. The van der Waals surface area contributed by atoms with Crippen molar-refractivity contribution in [3.8, 4) is 0 Å². The van der Waals surface area contributed by atoms with Gasteiger partial charge < -0.3 is 19.3 Å². The lowest BCUT2D eigenvalue weighted by Crippen LogP contribution is -2.46. The van der Waals surface area contributed by atoms with Crippen LogP contribution in [0.4, 0.5) is 30.7 Å². The van der Waals surface area contributed by atoms with Crippen LogP contribution in [-0.4, -0.2) is 48.2 Å². The van der Waals surface area contributed by atoms with Crippen molar-refractivity contribution >= 4 is 7.75 Å². The van der Waals surface area contributed by atoms with E-state index in [9.17, 15) is 49.9 Å². The molecule has 0 saturated carbocycles. The van der Waals surface area contributed by atoms with E-state index in [1.54, 1.807) is 29.2 Å². The second-order valence-corrected chi connectivity index (χ2v) is 12.9. The topological polar surface area (TPSA) is 119 Å². The van der Waals surface area contributed by atoms with Crippen molar-refractivity contribution in [1.29, 1.82) is 0 Å². The van der Waals surface area contributed by atoms with Gasteiger partial charge in [0.25, 0.3) is 0 Å². The van der Waals surface area contributed by atoms with Gasteiger partial charge in [-0.25, -0.2) is 13.8 Å². The molecule has 0 aliphatic carbocycles. The molecule has 264 valence electrons. The van der Waals surface area contributed by atoms with Gasteiger partial charge in [-0.3, -0.25) is 9.47 Å². The summed E-state index contributed by atoms with van der Waals surface area (Å²) in [5.74, 6) is -0.684. The molecule has 1 aromatic heterocycles. The predicted molar refractivity (Wildman–Crippen MR) is 159 cm³/mol. The normalized spacial score (nSPS) is 18.5. The molecule has 3 aromatic carbocycles. The minimum atomic E-state index is -5.20. The predicted octanol–water partition coefficient (Wildman–Crippen LogP) is 6.20. The fourth-order valence-corrected chi connectivity index (χ4v) is 5.98. The number of aryl methyl sites for hydroxylation is 1. The molecule has 1 aliphatic heterocycles. The van der Waals surface area contributed by atoms with Crippen molar-refractivity contribution in [2.75, 3.05) is 13.2 Å². The number of nitrogens with zero attached hydrogens (tertiary/aromatic N) is 4. The van der Waals surface area contributed by atoms with E-state index in [0.717, 1.165) is 22.3 Å². The molecule has 0 spiro atoms. The summed E-state index contributed by atoms with van der Waals surface area (Å²) in [4.78, 5) is 34.5. The van der Waals surface area contributed by atoms with E-state index in [4.69, 9.17) is 9.47 Å². The molecule has 0 radical (unpaired) electrons. The summed E-state index contributed by atoms with van der Waals surface area (Å²) in [6.07, 6.45) is -12.9. The van der Waals surface area contributed by atoms with E-state index < -0.39 is 66.7 Å². The van der Waals surface area contributed by atoms with Crippen LogP contribution < -0.4 is 5.69 Å². The molecule has 10 nitrogen and oxygen atoms in total. The van der Waals surface area contributed by atoms with E-state index in [1.165, 1.54) is 19.1 Å². The smallest absolute Gasteiger partial charge is 0.349 e. The minimum absolute atomic E-state index is 0.00325. The quantitative estimate of drug-likeness (QED) is 0.155. The molecule has 3 atom stereocenters. The van der Waals surface area contributed by atoms with E-state index in [0.29, 0.717) is 23.3 Å². The summed E-state index contributed by atoms with van der Waals surface area (Å²) in [7, 11) is -5.20. The van der Waals surface area contributed by atoms with Gasteiger partial charge in [0, 0.05) is 6.54 Å². The third kappa shape index (κ3) is 8.48. The van der Waals surface area contributed by atoms with Crippen LogP contribution in [0, 0.1) is 12.7 Å². The molecule has 5 rings (SSSR count). The van der Waals surface area contributed by atoms with Crippen LogP contribution in [-0.2, 0) is 39.5 Å². The highest BCUT2D eigenvalue weighted by Crippen LogP contribution is 2.40. The SMILES string of the molecule is Cc1ccc(Cn2c(CN3CCO[C@H](O[C@H](C)c4cc(C(F)(F)F)cc(C(F)(F)F)c4)[C@@H]3c3ccc(F)cc3)nn(P(=O)(O)O)c2=O)cc1. The first-order valence-corrected chi connectivity index (χ1v) is 16.2. The Morgan fingerprint density at radius 1 is 0.959 bits per heavy atom. The van der Waals surface area contributed by atoms with Crippen molar-refractivity contribution in [3.05, 3.63) is 122 Å². The Morgan fingerprint density at radius 2 is 1.55 bits per heavy atom. The maximum absolute atomic E-state index is 14.0. The lowest BCUT2D eigenvalue weighted by Gasteiger charge is -2.41. The lowest BCUT2D eigenvalue weighted by atomic mass is 10.0. The monoisotopic (exact) mass is 718 g/mol. The van der Waals surface area contributed by atoms with Gasteiger partial charge in [0.15, 0.2) is 6.29 Å². The fourth-order valence-electron chi connectivity index (χ4n) is 5.43. The third-order valence-corrected chi connectivity index (χ3v) is 8.67. The summed E-state index contributed by atoms with van der Waals surface area (Å²) in [5, 5.41) is 3.94. The fraction of sp³-hybridized carbons (Fsp3) is 0.355. The molecular formula is C31H30F7N4O6P. The number of ether oxygens (including phenoxy) is 2. The highest BCUT2D eigenvalue weighted by molar-refractivity contribution is 7.49. The number of aromatic nitrogens is 3. The molecule has 1 fully saturated rings. The Kier molecular flexibility index (Phi) is 10.3. The largest absolute Gasteiger partial charge is 0.454 e. The van der Waals surface area contributed by atoms with Gasteiger partial charge >= 0.3 is 25.8 Å². The Balaban J connectivity index is 1.53. The van der Waals surface area contributed by atoms with Gasteiger partial charge in [-0.15, -0.1) is 9.55 Å². The number of benzene rings is 3. The maximum Gasteiger partial charge on any atom is 0.454 e. The zero-order valence-electron chi connectivity index (χ0n) is 25.8. The van der Waals surface area contributed by atoms with Crippen LogP contribution in [0.15, 0.2) is 71.5 Å². The molecule has 18 heteroatoms. The summed E-state index contributed by atoms with van der Waals surface area (Å²) in [6.45, 7) is 2.75. The van der Waals surface area contributed by atoms with Crippen molar-refractivity contribution in [2.24, 2.45) is 0 Å². The zero-order valence-corrected chi connectivity index (χ0v) is 26.7. The third-order valence-electron chi connectivity index (χ3n) is 7.92. The highest BCUT2D eigenvalue weighted by Gasteiger charge is 2.40. The number of hydrogen-bond acceptors (Lipinski definition) is 6. The summed E-state index contributed by atoms with van der Waals surface area (Å²) < 4.78 is 120. The highest BCUT2D eigenvalue weighted by atomic mass is 31.2. The second-order valence-electron chi connectivity index (χ2n) is 11.5. The van der Waals surface area contributed by atoms with Gasteiger partial charge in [0.1, 0.15) is 11.6 Å². The van der Waals surface area contributed by atoms with Gasteiger partial charge in [-0.05, 0) is 60.9 Å². The molecule has 2 N–H and O–H groups in total. The van der Waals surface area contributed by atoms with Crippen LogP contribution in [0.3, 0.4) is 0 Å². The Hall–Kier alpha value is -3.86. The maximum atomic E-state index is 14.0. The average molecular weight is 719 g/mol. The van der Waals surface area contributed by atoms with Gasteiger partial charge in [-0.2, -0.15) is 26.3 Å². The van der Waals surface area contributed by atoms with Crippen molar-refractivity contribution in [3.63, 3.8) is 0 Å². The Labute approximate surface area is 274 Å². The van der Waals surface area contributed by atoms with Crippen molar-refractivity contribution in [2.45, 2.75) is 57.7 Å². The average Bonchev–Trinajstić information content (AvgIpc) is 3.32. The van der Waals surface area contributed by atoms with E-state index in [-0.39, 0.29) is 42.6 Å². The zero-order chi connectivity index (χ0) is 35.9. The van der Waals surface area contributed by atoms with Crippen molar-refractivity contribution < 1.29 is 54.6 Å². The standard InChI is InChI=1S/C31H30F7N4O6P/c1-18-3-5-20(6-4-18)16-41-26(39-42(29(41)43)49(44,45)46)17-40-11-12-47-28(27(40)21-7-9-25(32)10-8-21)48-19(2)22-13-23(30(33,34)35)15-24(14-22)31(36,37)38/h3-10,13-15,19,27-28H,11-12,16-17H2,1-2H3,(H2,44,45,46)/t19-,27+,28-/m1/s1. The first-order valence-electron chi connectivity index (χ1n) is 14.7. The first kappa shape index (κ1) is 36.4. The minimum Gasteiger partial charge on any atom is -0.349 e. The van der Waals surface area contributed by atoms with Gasteiger partial charge in [0.2, 0.25) is 0 Å². The number of morpholine rings is 1. The van der Waals surface area contributed by atoms with E-state index in [1.807, 2.05) is 6.92 Å². The van der Waals surface area contributed by atoms with Crippen LogP contribution >= 0.6 is 7.75 Å². The molecule has 0 bridgehead atoms. The summed E-state index contributed by atoms with van der Waals surface area (Å²) >= 11 is 0. The molecule has 1 saturated heterocycles. The van der Waals surface area contributed by atoms with Crippen LogP contribution in [0.2, 0.25) is 0 Å². The van der Waals surface area contributed by atoms with E-state index >= 15 is 0 Å². The van der Waals surface area contributed by atoms with Gasteiger partial charge in [-0.1, -0.05) is 42.0 Å². The molecule has 4 aromatic rings. The van der Waals surface area contributed by atoms with E-state index in [2.05, 4.69) is 5.10 Å². The first-order chi connectivity index (χ1) is 22.8. The Morgan fingerprint density at radius 3 is 2.10 bits per heavy atom. The molecule has 49 heavy (non-hydrogen) atoms. The van der Waals surface area contributed by atoms with Gasteiger partial charge in [0.05, 0.1) is 43.0 Å². The van der Waals surface area contributed by atoms with Crippen LogP contribution in [0.25, 0.3) is 0 Å². The van der Waals surface area contributed by atoms with Crippen molar-refractivity contribution in [1.82, 2.24) is 19.0 Å². The number of rotatable bonds is 9. The number of hydrogen-bond donors (Lipinski definition) is 2. The van der Waals surface area contributed by atoms with Crippen LogP contribution in [0.1, 0.15) is 58.3 Å². The number of halogens is 7. The second kappa shape index (κ2) is 13.8.